The van der Waals surface area contributed by atoms with Crippen molar-refractivity contribution in [1.29, 1.82) is 0 Å². The maximum Gasteiger partial charge on any atom is 0.204 e. The second-order valence-electron chi connectivity index (χ2n) is 5.04. The molecule has 1 aromatic carbocycles. The van der Waals surface area contributed by atoms with Gasteiger partial charge >= 0.3 is 0 Å². The molecule has 0 saturated heterocycles. The van der Waals surface area contributed by atoms with E-state index in [2.05, 4.69) is 14.9 Å². The number of benzene rings is 1. The first kappa shape index (κ1) is 12.7. The number of imidazole rings is 1. The molecule has 3 nitrogen and oxygen atoms in total. The van der Waals surface area contributed by atoms with Gasteiger partial charge in [-0.2, -0.15) is 0 Å². The van der Waals surface area contributed by atoms with Crippen LogP contribution in [0, 0.1) is 5.82 Å². The van der Waals surface area contributed by atoms with Gasteiger partial charge in [0.05, 0.1) is 11.0 Å². The standard InChI is InChI=1S/C14H17ClFN3/c15-7-8-19(11-3-1-2-4-11)14-17-12-6-5-10(16)9-13(12)18-14/h5-6,9,11H,1-4,7-8H2,(H,17,18). The molecule has 1 aliphatic rings. The van der Waals surface area contributed by atoms with E-state index >= 15 is 0 Å². The number of fused-ring (bicyclic) bond motifs is 1. The van der Waals surface area contributed by atoms with E-state index in [1.807, 2.05) is 0 Å². The van der Waals surface area contributed by atoms with Crippen molar-refractivity contribution < 1.29 is 4.39 Å². The van der Waals surface area contributed by atoms with Gasteiger partial charge in [-0.3, -0.25) is 0 Å². The van der Waals surface area contributed by atoms with Gasteiger partial charge in [0.15, 0.2) is 0 Å². The molecule has 0 spiro atoms. The molecule has 1 saturated carbocycles. The van der Waals surface area contributed by atoms with E-state index in [0.29, 0.717) is 11.9 Å². The van der Waals surface area contributed by atoms with E-state index in [-0.39, 0.29) is 5.82 Å². The number of rotatable bonds is 4. The Bertz CT molecular complexity index is 563. The third kappa shape index (κ3) is 2.54. The molecule has 0 amide bonds. The molecule has 0 atom stereocenters. The van der Waals surface area contributed by atoms with Crippen LogP contribution in [0.5, 0.6) is 0 Å². The van der Waals surface area contributed by atoms with Crippen LogP contribution in [-0.4, -0.2) is 28.4 Å². The van der Waals surface area contributed by atoms with Crippen LogP contribution in [-0.2, 0) is 0 Å². The number of nitrogens with one attached hydrogen (secondary N) is 1. The van der Waals surface area contributed by atoms with Crippen molar-refractivity contribution in [3.8, 4) is 0 Å². The van der Waals surface area contributed by atoms with Crippen LogP contribution < -0.4 is 4.90 Å². The van der Waals surface area contributed by atoms with E-state index in [0.717, 1.165) is 23.5 Å². The third-order valence-corrected chi connectivity index (χ3v) is 3.96. The number of hydrogen-bond donors (Lipinski definition) is 1. The van der Waals surface area contributed by atoms with Crippen LogP contribution in [0.3, 0.4) is 0 Å². The molecule has 0 unspecified atom stereocenters. The number of halogens is 2. The van der Waals surface area contributed by atoms with Crippen LogP contribution >= 0.6 is 11.6 Å². The van der Waals surface area contributed by atoms with E-state index in [1.54, 1.807) is 6.07 Å². The summed E-state index contributed by atoms with van der Waals surface area (Å²) < 4.78 is 13.2. The molecule has 1 aromatic heterocycles. The Hall–Kier alpha value is -1.29. The van der Waals surface area contributed by atoms with E-state index < -0.39 is 0 Å². The zero-order valence-corrected chi connectivity index (χ0v) is 11.5. The van der Waals surface area contributed by atoms with Crippen LogP contribution in [0.4, 0.5) is 10.3 Å². The Balaban J connectivity index is 1.94. The van der Waals surface area contributed by atoms with Gasteiger partial charge in [0.25, 0.3) is 0 Å². The van der Waals surface area contributed by atoms with E-state index in [9.17, 15) is 4.39 Å². The van der Waals surface area contributed by atoms with Gasteiger partial charge in [0, 0.05) is 18.5 Å². The highest BCUT2D eigenvalue weighted by Gasteiger charge is 2.24. The molecule has 5 heteroatoms. The Labute approximate surface area is 116 Å². The van der Waals surface area contributed by atoms with Crippen molar-refractivity contribution in [2.24, 2.45) is 0 Å². The Morgan fingerprint density at radius 3 is 2.89 bits per heavy atom. The highest BCUT2D eigenvalue weighted by Crippen LogP contribution is 2.28. The maximum atomic E-state index is 13.2. The fraction of sp³-hybridized carbons (Fsp3) is 0.500. The summed E-state index contributed by atoms with van der Waals surface area (Å²) in [6.45, 7) is 0.772. The topological polar surface area (TPSA) is 31.9 Å². The number of anilines is 1. The minimum Gasteiger partial charge on any atom is -0.338 e. The molecule has 3 rings (SSSR count). The summed E-state index contributed by atoms with van der Waals surface area (Å²) >= 11 is 5.91. The van der Waals surface area contributed by atoms with E-state index in [4.69, 9.17) is 11.6 Å². The van der Waals surface area contributed by atoms with Gasteiger partial charge in [-0.25, -0.2) is 9.37 Å². The van der Waals surface area contributed by atoms with Gasteiger partial charge in [-0.15, -0.1) is 11.6 Å². The Morgan fingerprint density at radius 1 is 1.37 bits per heavy atom. The summed E-state index contributed by atoms with van der Waals surface area (Å²) in [6.07, 6.45) is 4.89. The first-order chi connectivity index (χ1) is 9.28. The summed E-state index contributed by atoms with van der Waals surface area (Å²) in [5.41, 5.74) is 1.54. The average Bonchev–Trinajstić information content (AvgIpc) is 3.04. The molecular formula is C14H17ClFN3. The molecule has 0 radical (unpaired) electrons. The molecule has 1 aliphatic carbocycles. The lowest BCUT2D eigenvalue weighted by Gasteiger charge is -2.27. The van der Waals surface area contributed by atoms with Crippen LogP contribution in [0.1, 0.15) is 25.7 Å². The van der Waals surface area contributed by atoms with Gasteiger partial charge in [-0.05, 0) is 31.0 Å². The second-order valence-corrected chi connectivity index (χ2v) is 5.42. The normalized spacial score (nSPS) is 16.3. The van der Waals surface area contributed by atoms with Gasteiger partial charge in [0.1, 0.15) is 5.82 Å². The van der Waals surface area contributed by atoms with Crippen LogP contribution in [0.25, 0.3) is 11.0 Å². The molecule has 1 N–H and O–H groups in total. The first-order valence-corrected chi connectivity index (χ1v) is 7.29. The van der Waals surface area contributed by atoms with Crippen LogP contribution in [0.15, 0.2) is 18.2 Å². The number of aromatic nitrogens is 2. The number of H-pyrrole nitrogens is 1. The molecular weight excluding hydrogens is 265 g/mol. The van der Waals surface area contributed by atoms with Crippen LogP contribution in [0.2, 0.25) is 0 Å². The minimum atomic E-state index is -0.243. The van der Waals surface area contributed by atoms with Crippen molar-refractivity contribution in [3.05, 3.63) is 24.0 Å². The summed E-state index contributed by atoms with van der Waals surface area (Å²) in [7, 11) is 0. The summed E-state index contributed by atoms with van der Waals surface area (Å²) in [5.74, 6) is 1.14. The maximum absolute atomic E-state index is 13.2. The molecule has 19 heavy (non-hydrogen) atoms. The Morgan fingerprint density at radius 2 is 2.16 bits per heavy atom. The molecule has 2 aromatic rings. The first-order valence-electron chi connectivity index (χ1n) is 6.76. The third-order valence-electron chi connectivity index (χ3n) is 3.79. The van der Waals surface area contributed by atoms with Gasteiger partial charge < -0.3 is 9.88 Å². The summed E-state index contributed by atoms with van der Waals surface area (Å²) in [5, 5.41) is 0. The van der Waals surface area contributed by atoms with Crippen molar-refractivity contribution in [2.45, 2.75) is 31.7 Å². The van der Waals surface area contributed by atoms with Gasteiger partial charge in [0.2, 0.25) is 5.95 Å². The smallest absolute Gasteiger partial charge is 0.204 e. The Kier molecular flexibility index (Phi) is 3.60. The van der Waals surface area contributed by atoms with Gasteiger partial charge in [-0.1, -0.05) is 12.8 Å². The fourth-order valence-corrected chi connectivity index (χ4v) is 3.05. The number of nitrogens with zero attached hydrogens (tertiary/aromatic N) is 2. The van der Waals surface area contributed by atoms with Crippen molar-refractivity contribution in [2.75, 3.05) is 17.3 Å². The average molecular weight is 282 g/mol. The molecule has 0 bridgehead atoms. The SMILES string of the molecule is Fc1ccc2nc(N(CCCl)C3CCCC3)[nH]c2c1. The molecule has 1 fully saturated rings. The predicted molar refractivity (Wildman–Crippen MR) is 76.4 cm³/mol. The molecule has 102 valence electrons. The highest BCUT2D eigenvalue weighted by molar-refractivity contribution is 6.18. The lowest BCUT2D eigenvalue weighted by atomic mass is 10.2. The molecule has 0 aliphatic heterocycles. The lowest BCUT2D eigenvalue weighted by Crippen LogP contribution is -2.35. The zero-order chi connectivity index (χ0) is 13.2. The van der Waals surface area contributed by atoms with E-state index in [1.165, 1.54) is 37.8 Å². The largest absolute Gasteiger partial charge is 0.338 e. The predicted octanol–water partition coefficient (Wildman–Crippen LogP) is 3.69. The quantitative estimate of drug-likeness (QED) is 0.867. The lowest BCUT2D eigenvalue weighted by molar-refractivity contribution is 0.610. The fourth-order valence-electron chi connectivity index (χ4n) is 2.87. The highest BCUT2D eigenvalue weighted by atomic mass is 35.5. The molecule has 1 heterocycles. The van der Waals surface area contributed by atoms with Crippen molar-refractivity contribution in [1.82, 2.24) is 9.97 Å². The second kappa shape index (κ2) is 5.37. The monoisotopic (exact) mass is 281 g/mol. The summed E-state index contributed by atoms with van der Waals surface area (Å²) in [4.78, 5) is 10.0. The number of aromatic amines is 1. The zero-order valence-electron chi connectivity index (χ0n) is 10.7. The number of hydrogen-bond acceptors (Lipinski definition) is 2. The summed E-state index contributed by atoms with van der Waals surface area (Å²) in [6, 6.07) is 5.13. The number of alkyl halides is 1. The van der Waals surface area contributed by atoms with Crippen molar-refractivity contribution in [3.63, 3.8) is 0 Å². The minimum absolute atomic E-state index is 0.243. The van der Waals surface area contributed by atoms with Crippen molar-refractivity contribution >= 4 is 28.6 Å².